The van der Waals surface area contributed by atoms with E-state index in [0.29, 0.717) is 16.6 Å². The third-order valence-electron chi connectivity index (χ3n) is 4.14. The van der Waals surface area contributed by atoms with Crippen molar-refractivity contribution in [3.63, 3.8) is 0 Å². The molecule has 0 saturated carbocycles. The van der Waals surface area contributed by atoms with Gasteiger partial charge in [-0.15, -0.1) is 0 Å². The van der Waals surface area contributed by atoms with Gasteiger partial charge in [-0.1, -0.05) is 18.2 Å². The van der Waals surface area contributed by atoms with Gasteiger partial charge in [0, 0.05) is 22.5 Å². The molecule has 0 saturated heterocycles. The van der Waals surface area contributed by atoms with Crippen LogP contribution in [0, 0.1) is 20.8 Å². The van der Waals surface area contributed by atoms with Gasteiger partial charge in [-0.2, -0.15) is 13.2 Å². The van der Waals surface area contributed by atoms with Crippen molar-refractivity contribution in [2.75, 3.05) is 5.32 Å². The molecule has 1 N–H and O–H groups in total. The Morgan fingerprint density at radius 2 is 1.67 bits per heavy atom. The Morgan fingerprint density at radius 1 is 0.917 bits per heavy atom. The van der Waals surface area contributed by atoms with Gasteiger partial charge in [0.1, 0.15) is 0 Å². The molecule has 3 aromatic rings. The van der Waals surface area contributed by atoms with Crippen LogP contribution < -0.4 is 5.32 Å². The first kappa shape index (κ1) is 16.3. The highest BCUT2D eigenvalue weighted by Crippen LogP contribution is 2.34. The average Bonchev–Trinajstić information content (AvgIpc) is 2.50. The quantitative estimate of drug-likeness (QED) is 0.630. The van der Waals surface area contributed by atoms with Crippen LogP contribution in [0.1, 0.15) is 22.4 Å². The lowest BCUT2D eigenvalue weighted by atomic mass is 10.1. The second-order valence-corrected chi connectivity index (χ2v) is 5.91. The highest BCUT2D eigenvalue weighted by atomic mass is 19.4. The number of rotatable bonds is 2. The van der Waals surface area contributed by atoms with Crippen LogP contribution in [0.5, 0.6) is 0 Å². The standard InChI is InChI=1S/C19H17F3N2/c1-11-5-4-6-16(13(11)3)24-17-9-12(2)23-18-10-14(19(20,21)22)7-8-15(17)18/h4-10H,1-3H3,(H,23,24). The molecule has 0 amide bonds. The number of aromatic nitrogens is 1. The van der Waals surface area contributed by atoms with Crippen LogP contribution in [0.2, 0.25) is 0 Å². The largest absolute Gasteiger partial charge is 0.416 e. The fourth-order valence-corrected chi connectivity index (χ4v) is 2.67. The van der Waals surface area contributed by atoms with E-state index in [4.69, 9.17) is 0 Å². The molecule has 0 aliphatic heterocycles. The van der Waals surface area contributed by atoms with Crippen molar-refractivity contribution < 1.29 is 13.2 Å². The highest BCUT2D eigenvalue weighted by Gasteiger charge is 2.30. The molecule has 124 valence electrons. The smallest absolute Gasteiger partial charge is 0.355 e. The minimum atomic E-state index is -4.37. The number of fused-ring (bicyclic) bond motifs is 1. The van der Waals surface area contributed by atoms with Crippen LogP contribution in [0.15, 0.2) is 42.5 Å². The third kappa shape index (κ3) is 3.07. The van der Waals surface area contributed by atoms with Gasteiger partial charge in [0.15, 0.2) is 0 Å². The summed E-state index contributed by atoms with van der Waals surface area (Å²) >= 11 is 0. The Morgan fingerprint density at radius 3 is 2.38 bits per heavy atom. The summed E-state index contributed by atoms with van der Waals surface area (Å²) in [4.78, 5) is 4.25. The number of benzene rings is 2. The molecule has 0 atom stereocenters. The molecule has 2 nitrogen and oxygen atoms in total. The van der Waals surface area contributed by atoms with E-state index in [9.17, 15) is 13.2 Å². The Labute approximate surface area is 138 Å². The zero-order valence-electron chi connectivity index (χ0n) is 13.6. The third-order valence-corrected chi connectivity index (χ3v) is 4.14. The first-order valence-electron chi connectivity index (χ1n) is 7.57. The van der Waals surface area contributed by atoms with Gasteiger partial charge in [-0.25, -0.2) is 0 Å². The van der Waals surface area contributed by atoms with Crippen LogP contribution in [-0.4, -0.2) is 4.98 Å². The minimum Gasteiger partial charge on any atom is -0.355 e. The second-order valence-electron chi connectivity index (χ2n) is 5.91. The predicted octanol–water partition coefficient (Wildman–Crippen LogP) is 5.92. The molecule has 0 unspecified atom stereocenters. The maximum absolute atomic E-state index is 12.9. The van der Waals surface area contributed by atoms with Crippen molar-refractivity contribution in [2.45, 2.75) is 26.9 Å². The predicted molar refractivity (Wildman–Crippen MR) is 90.7 cm³/mol. The topological polar surface area (TPSA) is 24.9 Å². The SMILES string of the molecule is Cc1cc(Nc2cccc(C)c2C)c2ccc(C(F)(F)F)cc2n1. The van der Waals surface area contributed by atoms with Crippen molar-refractivity contribution >= 4 is 22.3 Å². The normalized spacial score (nSPS) is 11.8. The molecule has 0 aliphatic carbocycles. The zero-order valence-corrected chi connectivity index (χ0v) is 13.6. The lowest BCUT2D eigenvalue weighted by Crippen LogP contribution is -2.05. The molecule has 5 heteroatoms. The van der Waals surface area contributed by atoms with Crippen molar-refractivity contribution in [3.05, 3.63) is 64.8 Å². The summed E-state index contributed by atoms with van der Waals surface area (Å²) < 4.78 is 38.8. The van der Waals surface area contributed by atoms with E-state index >= 15 is 0 Å². The lowest BCUT2D eigenvalue weighted by molar-refractivity contribution is -0.137. The van der Waals surface area contributed by atoms with Crippen molar-refractivity contribution in [1.29, 1.82) is 0 Å². The molecule has 0 aliphatic rings. The van der Waals surface area contributed by atoms with E-state index in [1.165, 1.54) is 6.07 Å². The van der Waals surface area contributed by atoms with Gasteiger partial charge in [0.25, 0.3) is 0 Å². The summed E-state index contributed by atoms with van der Waals surface area (Å²) in [7, 11) is 0. The van der Waals surface area contributed by atoms with E-state index in [2.05, 4.69) is 10.3 Å². The summed E-state index contributed by atoms with van der Waals surface area (Å²) in [5.74, 6) is 0. The molecular formula is C19H17F3N2. The number of hydrogen-bond donors (Lipinski definition) is 1. The summed E-state index contributed by atoms with van der Waals surface area (Å²) in [5.41, 5.74) is 4.24. The first-order valence-corrected chi connectivity index (χ1v) is 7.57. The van der Waals surface area contributed by atoms with Crippen molar-refractivity contribution in [3.8, 4) is 0 Å². The van der Waals surface area contributed by atoms with Crippen LogP contribution in [0.4, 0.5) is 24.5 Å². The molecule has 0 bridgehead atoms. The van der Waals surface area contributed by atoms with Crippen molar-refractivity contribution in [1.82, 2.24) is 4.98 Å². The van der Waals surface area contributed by atoms with E-state index < -0.39 is 11.7 Å². The zero-order chi connectivity index (χ0) is 17.5. The summed E-state index contributed by atoms with van der Waals surface area (Å²) in [6, 6.07) is 11.4. The molecular weight excluding hydrogens is 313 g/mol. The Bertz CT molecular complexity index is 914. The molecule has 0 fully saturated rings. The van der Waals surface area contributed by atoms with Gasteiger partial charge < -0.3 is 5.32 Å². The summed E-state index contributed by atoms with van der Waals surface area (Å²) in [6.45, 7) is 5.80. The summed E-state index contributed by atoms with van der Waals surface area (Å²) in [6.07, 6.45) is -4.37. The highest BCUT2D eigenvalue weighted by molar-refractivity contribution is 5.94. The molecule has 3 rings (SSSR count). The van der Waals surface area contributed by atoms with Gasteiger partial charge in [0.2, 0.25) is 0 Å². The van der Waals surface area contributed by atoms with E-state index in [-0.39, 0.29) is 0 Å². The molecule has 1 heterocycles. The Hall–Kier alpha value is -2.56. The summed E-state index contributed by atoms with van der Waals surface area (Å²) in [5, 5.41) is 4.00. The Kier molecular flexibility index (Phi) is 3.95. The van der Waals surface area contributed by atoms with Crippen LogP contribution >= 0.6 is 0 Å². The van der Waals surface area contributed by atoms with E-state index in [0.717, 1.165) is 34.6 Å². The molecule has 0 spiro atoms. The maximum Gasteiger partial charge on any atom is 0.416 e. The second kappa shape index (κ2) is 5.82. The fourth-order valence-electron chi connectivity index (χ4n) is 2.67. The Balaban J connectivity index is 2.13. The molecule has 0 radical (unpaired) electrons. The lowest BCUT2D eigenvalue weighted by Gasteiger charge is -2.15. The van der Waals surface area contributed by atoms with Crippen LogP contribution in [0.25, 0.3) is 10.9 Å². The minimum absolute atomic E-state index is 0.331. The molecule has 24 heavy (non-hydrogen) atoms. The van der Waals surface area contributed by atoms with Gasteiger partial charge in [-0.05, 0) is 56.2 Å². The number of aryl methyl sites for hydroxylation is 2. The van der Waals surface area contributed by atoms with Gasteiger partial charge >= 0.3 is 6.18 Å². The number of nitrogens with zero attached hydrogens (tertiary/aromatic N) is 1. The average molecular weight is 330 g/mol. The number of alkyl halides is 3. The number of anilines is 2. The molecule has 1 aromatic heterocycles. The number of hydrogen-bond acceptors (Lipinski definition) is 2. The molecule has 2 aromatic carbocycles. The number of nitrogens with one attached hydrogen (secondary N) is 1. The number of pyridine rings is 1. The van der Waals surface area contributed by atoms with Gasteiger partial charge in [0.05, 0.1) is 11.1 Å². The number of halogens is 3. The monoisotopic (exact) mass is 330 g/mol. The van der Waals surface area contributed by atoms with Gasteiger partial charge in [-0.3, -0.25) is 4.98 Å². The van der Waals surface area contributed by atoms with Crippen LogP contribution in [0.3, 0.4) is 0 Å². The maximum atomic E-state index is 12.9. The van der Waals surface area contributed by atoms with Crippen molar-refractivity contribution in [2.24, 2.45) is 0 Å². The van der Waals surface area contributed by atoms with E-state index in [1.54, 1.807) is 6.92 Å². The van der Waals surface area contributed by atoms with Crippen LogP contribution in [-0.2, 0) is 6.18 Å². The fraction of sp³-hybridized carbons (Fsp3) is 0.211. The van der Waals surface area contributed by atoms with E-state index in [1.807, 2.05) is 38.1 Å². The first-order chi connectivity index (χ1) is 11.3.